The molecule has 0 amide bonds. The normalized spacial score (nSPS) is 12.8. The highest BCUT2D eigenvalue weighted by Crippen LogP contribution is 2.33. The first-order chi connectivity index (χ1) is 9.56. The van der Waals surface area contributed by atoms with Crippen molar-refractivity contribution in [3.63, 3.8) is 0 Å². The predicted octanol–water partition coefficient (Wildman–Crippen LogP) is 5.07. The van der Waals surface area contributed by atoms with E-state index in [1.807, 2.05) is 18.2 Å². The molecule has 1 N–H and O–H groups in total. The van der Waals surface area contributed by atoms with Crippen molar-refractivity contribution >= 4 is 38.5 Å². The maximum absolute atomic E-state index is 13.8. The molecule has 0 aliphatic rings. The third kappa shape index (κ3) is 2.35. The van der Waals surface area contributed by atoms with Gasteiger partial charge in [0.1, 0.15) is 23.3 Å². The van der Waals surface area contributed by atoms with Crippen LogP contribution in [0.25, 0.3) is 11.0 Å². The van der Waals surface area contributed by atoms with Gasteiger partial charge in [-0.1, -0.05) is 29.8 Å². The highest BCUT2D eigenvalue weighted by molar-refractivity contribution is 9.10. The van der Waals surface area contributed by atoms with Crippen LogP contribution >= 0.6 is 27.5 Å². The van der Waals surface area contributed by atoms with E-state index in [9.17, 15) is 9.50 Å². The Morgan fingerprint density at radius 1 is 1.20 bits per heavy atom. The van der Waals surface area contributed by atoms with Gasteiger partial charge >= 0.3 is 0 Å². The fourth-order valence-corrected chi connectivity index (χ4v) is 2.68. The number of fused-ring (bicyclic) bond motifs is 1. The second kappa shape index (κ2) is 5.20. The SMILES string of the molecule is OC(c1cc2cccc(Br)c2o1)c1ccc(Cl)cc1F. The Labute approximate surface area is 127 Å². The second-order valence-corrected chi connectivity index (χ2v) is 5.67. The molecule has 5 heteroatoms. The van der Waals surface area contributed by atoms with Crippen LogP contribution in [-0.4, -0.2) is 5.11 Å². The zero-order chi connectivity index (χ0) is 14.3. The van der Waals surface area contributed by atoms with E-state index < -0.39 is 11.9 Å². The molecule has 0 saturated carbocycles. The Balaban J connectivity index is 2.08. The standard InChI is InChI=1S/C15H9BrClFO2/c16-11-3-1-2-8-6-13(20-15(8)11)14(19)10-5-4-9(17)7-12(10)18/h1-7,14,19H. The third-order valence-electron chi connectivity index (χ3n) is 3.04. The number of rotatable bonds is 2. The van der Waals surface area contributed by atoms with Crippen molar-refractivity contribution in [2.24, 2.45) is 0 Å². The first kappa shape index (κ1) is 13.6. The summed E-state index contributed by atoms with van der Waals surface area (Å²) in [5.41, 5.74) is 0.750. The van der Waals surface area contributed by atoms with E-state index in [0.717, 1.165) is 9.86 Å². The third-order valence-corrected chi connectivity index (χ3v) is 3.90. The lowest BCUT2D eigenvalue weighted by atomic mass is 10.1. The van der Waals surface area contributed by atoms with Gasteiger partial charge in [0.25, 0.3) is 0 Å². The molecule has 0 aliphatic carbocycles. The largest absolute Gasteiger partial charge is 0.457 e. The number of halogens is 3. The Morgan fingerprint density at radius 2 is 2.00 bits per heavy atom. The van der Waals surface area contributed by atoms with Crippen LogP contribution in [0.3, 0.4) is 0 Å². The van der Waals surface area contributed by atoms with Crippen LogP contribution < -0.4 is 0 Å². The summed E-state index contributed by atoms with van der Waals surface area (Å²) >= 11 is 9.07. The van der Waals surface area contributed by atoms with Crippen LogP contribution in [0.5, 0.6) is 0 Å². The zero-order valence-corrected chi connectivity index (χ0v) is 12.5. The monoisotopic (exact) mass is 354 g/mol. The van der Waals surface area contributed by atoms with Crippen molar-refractivity contribution in [1.29, 1.82) is 0 Å². The molecule has 0 bridgehead atoms. The molecule has 1 heterocycles. The van der Waals surface area contributed by atoms with E-state index >= 15 is 0 Å². The van der Waals surface area contributed by atoms with Crippen LogP contribution in [0.4, 0.5) is 4.39 Å². The number of furan rings is 1. The van der Waals surface area contributed by atoms with Crippen LogP contribution in [0.15, 0.2) is 51.4 Å². The molecule has 20 heavy (non-hydrogen) atoms. The van der Waals surface area contributed by atoms with Gasteiger partial charge in [-0.05, 0) is 40.2 Å². The quantitative estimate of drug-likeness (QED) is 0.696. The van der Waals surface area contributed by atoms with E-state index in [-0.39, 0.29) is 16.3 Å². The van der Waals surface area contributed by atoms with Crippen LogP contribution in [0.1, 0.15) is 17.4 Å². The average Bonchev–Trinajstić information content (AvgIpc) is 2.83. The summed E-state index contributed by atoms with van der Waals surface area (Å²) in [6.07, 6.45) is -1.17. The van der Waals surface area contributed by atoms with Crippen LogP contribution in [0.2, 0.25) is 5.02 Å². The lowest BCUT2D eigenvalue weighted by Gasteiger charge is -2.09. The number of benzene rings is 2. The second-order valence-electron chi connectivity index (χ2n) is 4.38. The predicted molar refractivity (Wildman–Crippen MR) is 79.4 cm³/mol. The molecule has 1 unspecified atom stereocenters. The molecular weight excluding hydrogens is 347 g/mol. The Bertz CT molecular complexity index is 785. The smallest absolute Gasteiger partial charge is 0.148 e. The lowest BCUT2D eigenvalue weighted by Crippen LogP contribution is -2.01. The minimum Gasteiger partial charge on any atom is -0.457 e. The Kier molecular flexibility index (Phi) is 3.54. The molecule has 1 atom stereocenters. The molecule has 0 fully saturated rings. The summed E-state index contributed by atoms with van der Waals surface area (Å²) < 4.78 is 20.2. The fraction of sp³-hybridized carbons (Fsp3) is 0.0667. The summed E-state index contributed by atoms with van der Waals surface area (Å²) in [5.74, 6) is -0.280. The summed E-state index contributed by atoms with van der Waals surface area (Å²) in [6, 6.07) is 11.4. The van der Waals surface area contributed by atoms with E-state index in [4.69, 9.17) is 16.0 Å². The van der Waals surface area contributed by atoms with Crippen LogP contribution in [-0.2, 0) is 0 Å². The van der Waals surface area contributed by atoms with Gasteiger partial charge in [-0.3, -0.25) is 0 Å². The van der Waals surface area contributed by atoms with Crippen molar-refractivity contribution in [2.75, 3.05) is 0 Å². The highest BCUT2D eigenvalue weighted by Gasteiger charge is 2.20. The van der Waals surface area contributed by atoms with Crippen LogP contribution in [0, 0.1) is 5.82 Å². The van der Waals surface area contributed by atoms with Gasteiger partial charge in [0.2, 0.25) is 0 Å². The van der Waals surface area contributed by atoms with Crippen molar-refractivity contribution in [3.8, 4) is 0 Å². The maximum Gasteiger partial charge on any atom is 0.148 e. The summed E-state index contributed by atoms with van der Waals surface area (Å²) in [7, 11) is 0. The molecule has 0 saturated heterocycles. The van der Waals surface area contributed by atoms with Gasteiger partial charge in [0, 0.05) is 16.0 Å². The maximum atomic E-state index is 13.8. The van der Waals surface area contributed by atoms with Gasteiger partial charge in [0.05, 0.1) is 4.47 Å². The van der Waals surface area contributed by atoms with E-state index in [0.29, 0.717) is 5.58 Å². The molecule has 2 aromatic carbocycles. The number of hydrogen-bond acceptors (Lipinski definition) is 2. The summed E-state index contributed by atoms with van der Waals surface area (Å²) in [4.78, 5) is 0. The first-order valence-corrected chi connectivity index (χ1v) is 7.04. The van der Waals surface area contributed by atoms with Crippen molar-refractivity contribution in [3.05, 3.63) is 69.1 Å². The molecule has 102 valence electrons. The molecule has 0 aliphatic heterocycles. The van der Waals surface area contributed by atoms with E-state index in [1.54, 1.807) is 6.07 Å². The molecule has 3 rings (SSSR count). The van der Waals surface area contributed by atoms with Gasteiger partial charge in [-0.2, -0.15) is 0 Å². The lowest BCUT2D eigenvalue weighted by molar-refractivity contribution is 0.187. The minimum atomic E-state index is -1.17. The van der Waals surface area contributed by atoms with Gasteiger partial charge in [-0.15, -0.1) is 0 Å². The molecule has 0 radical (unpaired) electrons. The molecule has 0 spiro atoms. The van der Waals surface area contributed by atoms with Gasteiger partial charge in [-0.25, -0.2) is 4.39 Å². The van der Waals surface area contributed by atoms with Gasteiger partial charge < -0.3 is 9.52 Å². The highest BCUT2D eigenvalue weighted by atomic mass is 79.9. The van der Waals surface area contributed by atoms with Crippen molar-refractivity contribution in [2.45, 2.75) is 6.10 Å². The van der Waals surface area contributed by atoms with Gasteiger partial charge in [0.15, 0.2) is 0 Å². The first-order valence-electron chi connectivity index (χ1n) is 5.87. The van der Waals surface area contributed by atoms with E-state index in [2.05, 4.69) is 15.9 Å². The summed E-state index contributed by atoms with van der Waals surface area (Å²) in [6.45, 7) is 0. The minimum absolute atomic E-state index is 0.129. The molecule has 3 aromatic rings. The number of aliphatic hydroxyl groups excluding tert-OH is 1. The zero-order valence-electron chi connectivity index (χ0n) is 10.1. The van der Waals surface area contributed by atoms with E-state index in [1.165, 1.54) is 18.2 Å². The summed E-state index contributed by atoms with van der Waals surface area (Å²) in [5, 5.41) is 11.4. The van der Waals surface area contributed by atoms with Crippen molar-refractivity contribution in [1.82, 2.24) is 0 Å². The Hall–Kier alpha value is -1.36. The number of para-hydroxylation sites is 1. The average molecular weight is 356 g/mol. The Morgan fingerprint density at radius 3 is 2.70 bits per heavy atom. The molecule has 2 nitrogen and oxygen atoms in total. The van der Waals surface area contributed by atoms with Crippen molar-refractivity contribution < 1.29 is 13.9 Å². The fourth-order valence-electron chi connectivity index (χ4n) is 2.06. The number of hydrogen-bond donors (Lipinski definition) is 1. The number of aliphatic hydroxyl groups is 1. The molecule has 1 aromatic heterocycles. The topological polar surface area (TPSA) is 33.4 Å². The molecular formula is C15H9BrClFO2.